The van der Waals surface area contributed by atoms with Gasteiger partial charge in [0.2, 0.25) is 0 Å². The molecule has 0 fully saturated rings. The van der Waals surface area contributed by atoms with E-state index in [9.17, 15) is 9.59 Å². The monoisotopic (exact) mass is 263 g/mol. The summed E-state index contributed by atoms with van der Waals surface area (Å²) in [7, 11) is 0. The van der Waals surface area contributed by atoms with Gasteiger partial charge in [0.25, 0.3) is 5.91 Å². The van der Waals surface area contributed by atoms with E-state index in [1.807, 2.05) is 6.92 Å². The van der Waals surface area contributed by atoms with Gasteiger partial charge in [-0.15, -0.1) is 0 Å². The first-order valence-electron chi connectivity index (χ1n) is 5.67. The van der Waals surface area contributed by atoms with Crippen molar-refractivity contribution >= 4 is 17.6 Å². The van der Waals surface area contributed by atoms with E-state index < -0.39 is 5.97 Å². The van der Waals surface area contributed by atoms with E-state index in [1.54, 1.807) is 16.9 Å². The summed E-state index contributed by atoms with van der Waals surface area (Å²) in [5.74, 6) is -1.31. The molecule has 0 aliphatic heterocycles. The number of carbonyl (C=O) groups excluding carboxylic acids is 1. The highest BCUT2D eigenvalue weighted by atomic mass is 16.4. The molecule has 2 aromatic rings. The lowest BCUT2D eigenvalue weighted by molar-refractivity contribution is -0.137. The summed E-state index contributed by atoms with van der Waals surface area (Å²) in [6, 6.07) is 1.61. The zero-order valence-electron chi connectivity index (χ0n) is 10.3. The van der Waals surface area contributed by atoms with Gasteiger partial charge in [0.05, 0.1) is 11.9 Å². The SMILES string of the molecule is CCn1nccc1C(=O)Nc1cnn(CC(=O)O)c1. The van der Waals surface area contributed by atoms with Crippen molar-refractivity contribution < 1.29 is 14.7 Å². The number of aromatic nitrogens is 4. The predicted octanol–water partition coefficient (Wildman–Crippen LogP) is 0.436. The number of rotatable bonds is 5. The molecule has 0 aliphatic carbocycles. The zero-order valence-corrected chi connectivity index (χ0v) is 10.3. The number of amides is 1. The third-order valence-corrected chi connectivity index (χ3v) is 2.44. The quantitative estimate of drug-likeness (QED) is 0.814. The van der Waals surface area contributed by atoms with Gasteiger partial charge in [0, 0.05) is 18.9 Å². The average molecular weight is 263 g/mol. The lowest BCUT2D eigenvalue weighted by Gasteiger charge is -2.04. The van der Waals surface area contributed by atoms with Crippen molar-refractivity contribution in [2.24, 2.45) is 0 Å². The number of aliphatic carboxylic acids is 1. The van der Waals surface area contributed by atoms with Crippen LogP contribution >= 0.6 is 0 Å². The van der Waals surface area contributed by atoms with Crippen LogP contribution in [-0.2, 0) is 17.9 Å². The molecule has 0 aliphatic rings. The van der Waals surface area contributed by atoms with E-state index >= 15 is 0 Å². The summed E-state index contributed by atoms with van der Waals surface area (Å²) in [5.41, 5.74) is 0.878. The van der Waals surface area contributed by atoms with Crippen molar-refractivity contribution in [1.82, 2.24) is 19.6 Å². The number of carboxylic acid groups (broad SMARTS) is 1. The Bertz CT molecular complexity index is 601. The largest absolute Gasteiger partial charge is 0.480 e. The molecule has 0 saturated carbocycles. The van der Waals surface area contributed by atoms with Crippen molar-refractivity contribution in [2.45, 2.75) is 20.0 Å². The molecule has 0 unspecified atom stereocenters. The highest BCUT2D eigenvalue weighted by Crippen LogP contribution is 2.08. The van der Waals surface area contributed by atoms with Crippen molar-refractivity contribution in [1.29, 1.82) is 0 Å². The second kappa shape index (κ2) is 5.34. The minimum absolute atomic E-state index is 0.247. The number of carboxylic acids is 1. The number of nitrogens with zero attached hydrogens (tertiary/aromatic N) is 4. The Morgan fingerprint density at radius 2 is 2.21 bits per heavy atom. The number of carbonyl (C=O) groups is 2. The summed E-state index contributed by atoms with van der Waals surface area (Å²) in [6.07, 6.45) is 4.40. The van der Waals surface area contributed by atoms with Crippen LogP contribution in [0.25, 0.3) is 0 Å². The second-order valence-electron chi connectivity index (χ2n) is 3.81. The van der Waals surface area contributed by atoms with E-state index in [0.717, 1.165) is 0 Å². The third kappa shape index (κ3) is 2.97. The van der Waals surface area contributed by atoms with Crippen molar-refractivity contribution in [2.75, 3.05) is 5.32 Å². The maximum Gasteiger partial charge on any atom is 0.325 e. The summed E-state index contributed by atoms with van der Waals surface area (Å²) in [4.78, 5) is 22.5. The molecule has 2 heterocycles. The molecule has 0 saturated heterocycles. The molecule has 2 N–H and O–H groups in total. The number of nitrogens with one attached hydrogen (secondary N) is 1. The Hall–Kier alpha value is -2.64. The van der Waals surface area contributed by atoms with Crippen LogP contribution in [0.1, 0.15) is 17.4 Å². The number of aryl methyl sites for hydroxylation is 1. The van der Waals surface area contributed by atoms with Gasteiger partial charge < -0.3 is 10.4 Å². The second-order valence-corrected chi connectivity index (χ2v) is 3.81. The van der Waals surface area contributed by atoms with Crippen LogP contribution in [0.4, 0.5) is 5.69 Å². The molecule has 8 nitrogen and oxygen atoms in total. The summed E-state index contributed by atoms with van der Waals surface area (Å²) in [6.45, 7) is 2.23. The van der Waals surface area contributed by atoms with Crippen molar-refractivity contribution in [3.8, 4) is 0 Å². The highest BCUT2D eigenvalue weighted by molar-refractivity contribution is 6.02. The zero-order chi connectivity index (χ0) is 13.8. The van der Waals surface area contributed by atoms with Crippen LogP contribution in [0.15, 0.2) is 24.7 Å². The van der Waals surface area contributed by atoms with E-state index in [1.165, 1.54) is 17.1 Å². The lowest BCUT2D eigenvalue weighted by Crippen LogP contribution is -2.17. The first-order valence-corrected chi connectivity index (χ1v) is 5.67. The van der Waals surface area contributed by atoms with Crippen LogP contribution in [0, 0.1) is 0 Å². The molecule has 100 valence electrons. The molecule has 0 aromatic carbocycles. The maximum atomic E-state index is 12.0. The van der Waals surface area contributed by atoms with Gasteiger partial charge in [-0.05, 0) is 13.0 Å². The molecule has 1 amide bonds. The summed E-state index contributed by atoms with van der Waals surface area (Å²) in [5, 5.41) is 19.1. The molecule has 0 radical (unpaired) electrons. The third-order valence-electron chi connectivity index (χ3n) is 2.44. The van der Waals surface area contributed by atoms with Crippen LogP contribution in [0.2, 0.25) is 0 Å². The van der Waals surface area contributed by atoms with Crippen LogP contribution in [0.5, 0.6) is 0 Å². The van der Waals surface area contributed by atoms with E-state index in [4.69, 9.17) is 5.11 Å². The van der Waals surface area contributed by atoms with Gasteiger partial charge >= 0.3 is 5.97 Å². The Labute approximate surface area is 108 Å². The Kier molecular flexibility index (Phi) is 3.60. The lowest BCUT2D eigenvalue weighted by atomic mass is 10.4. The standard InChI is InChI=1S/C11H13N5O3/c1-2-16-9(3-4-12-16)11(19)14-8-5-13-15(6-8)7-10(17)18/h3-6H,2,7H2,1H3,(H,14,19)(H,17,18). The predicted molar refractivity (Wildman–Crippen MR) is 65.7 cm³/mol. The van der Waals surface area contributed by atoms with E-state index in [2.05, 4.69) is 15.5 Å². The fraction of sp³-hybridized carbons (Fsp3) is 0.273. The molecule has 8 heteroatoms. The Morgan fingerprint density at radius 3 is 2.89 bits per heavy atom. The minimum Gasteiger partial charge on any atom is -0.480 e. The van der Waals surface area contributed by atoms with E-state index in [0.29, 0.717) is 17.9 Å². The minimum atomic E-state index is -0.995. The highest BCUT2D eigenvalue weighted by Gasteiger charge is 2.12. The molecule has 2 aromatic heterocycles. The normalized spacial score (nSPS) is 10.4. The molecule has 0 spiro atoms. The topological polar surface area (TPSA) is 102 Å². The Morgan fingerprint density at radius 1 is 1.42 bits per heavy atom. The Balaban J connectivity index is 2.07. The first-order chi connectivity index (χ1) is 9.10. The molecule has 2 rings (SSSR count). The van der Waals surface area contributed by atoms with Crippen LogP contribution < -0.4 is 5.32 Å². The van der Waals surface area contributed by atoms with Gasteiger partial charge in [0.15, 0.2) is 0 Å². The van der Waals surface area contributed by atoms with Gasteiger partial charge in [-0.3, -0.25) is 19.0 Å². The number of hydrogen-bond donors (Lipinski definition) is 2. The molecular weight excluding hydrogens is 250 g/mol. The van der Waals surface area contributed by atoms with Gasteiger partial charge in [-0.1, -0.05) is 0 Å². The van der Waals surface area contributed by atoms with Gasteiger partial charge in [0.1, 0.15) is 12.2 Å². The van der Waals surface area contributed by atoms with Crippen LogP contribution in [-0.4, -0.2) is 36.5 Å². The van der Waals surface area contributed by atoms with Gasteiger partial charge in [-0.25, -0.2) is 0 Å². The number of anilines is 1. The molecular formula is C11H13N5O3. The number of hydrogen-bond acceptors (Lipinski definition) is 4. The van der Waals surface area contributed by atoms with E-state index in [-0.39, 0.29) is 12.5 Å². The fourth-order valence-corrected chi connectivity index (χ4v) is 1.63. The molecule has 19 heavy (non-hydrogen) atoms. The first kappa shape index (κ1) is 12.8. The average Bonchev–Trinajstić information content (AvgIpc) is 2.96. The summed E-state index contributed by atoms with van der Waals surface area (Å²) < 4.78 is 2.80. The smallest absolute Gasteiger partial charge is 0.325 e. The fourth-order valence-electron chi connectivity index (χ4n) is 1.63. The summed E-state index contributed by atoms with van der Waals surface area (Å²) >= 11 is 0. The maximum absolute atomic E-state index is 12.0. The van der Waals surface area contributed by atoms with Gasteiger partial charge in [-0.2, -0.15) is 10.2 Å². The molecule has 0 atom stereocenters. The van der Waals surface area contributed by atoms with Crippen molar-refractivity contribution in [3.63, 3.8) is 0 Å². The van der Waals surface area contributed by atoms with Crippen LogP contribution in [0.3, 0.4) is 0 Å². The molecule has 0 bridgehead atoms. The van der Waals surface area contributed by atoms with Crippen molar-refractivity contribution in [3.05, 3.63) is 30.4 Å².